The van der Waals surface area contributed by atoms with E-state index in [1.165, 1.54) is 0 Å². The Hall–Kier alpha value is -0.490. The van der Waals surface area contributed by atoms with Crippen LogP contribution in [0.15, 0.2) is 0 Å². The predicted octanol–water partition coefficient (Wildman–Crippen LogP) is 0.484. The van der Waals surface area contributed by atoms with Crippen LogP contribution in [-0.4, -0.2) is 47.5 Å². The summed E-state index contributed by atoms with van der Waals surface area (Å²) in [5, 5.41) is 1.86. The Morgan fingerprint density at radius 2 is 2.12 bits per heavy atom. The van der Waals surface area contributed by atoms with Gasteiger partial charge in [0, 0.05) is 6.42 Å². The van der Waals surface area contributed by atoms with E-state index in [0.29, 0.717) is 6.54 Å². The third-order valence-electron chi connectivity index (χ3n) is 3.50. The van der Waals surface area contributed by atoms with E-state index >= 15 is 0 Å². The van der Waals surface area contributed by atoms with E-state index in [0.717, 1.165) is 6.42 Å². The van der Waals surface area contributed by atoms with E-state index in [1.54, 1.807) is 6.92 Å². The fraction of sp³-hybridized carbons (Fsp3) is 0.909. The fourth-order valence-corrected chi connectivity index (χ4v) is 2.85. The second-order valence-corrected chi connectivity index (χ2v) is 5.25. The van der Waals surface area contributed by atoms with Crippen molar-refractivity contribution in [3.63, 3.8) is 0 Å². The molecular weight excluding hydrogens is 210 g/mol. The molecule has 0 aromatic rings. The third-order valence-corrected chi connectivity index (χ3v) is 3.50. The van der Waals surface area contributed by atoms with Crippen LogP contribution >= 0.6 is 0 Å². The van der Waals surface area contributed by atoms with Crippen molar-refractivity contribution in [1.29, 1.82) is 0 Å². The summed E-state index contributed by atoms with van der Waals surface area (Å²) in [6.45, 7) is 6.12. The van der Waals surface area contributed by atoms with Crippen molar-refractivity contribution in [3.8, 4) is 0 Å². The van der Waals surface area contributed by atoms with Crippen molar-refractivity contribution in [2.24, 2.45) is 0 Å². The zero-order valence-corrected chi connectivity index (χ0v) is 9.80. The minimum Gasteiger partial charge on any atom is -0.343 e. The van der Waals surface area contributed by atoms with Gasteiger partial charge in [-0.05, 0) is 20.8 Å². The van der Waals surface area contributed by atoms with Crippen LogP contribution < -0.4 is 0 Å². The van der Waals surface area contributed by atoms with Crippen molar-refractivity contribution in [2.75, 3.05) is 6.54 Å². The lowest BCUT2D eigenvalue weighted by Gasteiger charge is -2.22. The fourth-order valence-electron chi connectivity index (χ4n) is 2.85. The molecule has 0 saturated carbocycles. The molecule has 0 bridgehead atoms. The molecule has 3 saturated heterocycles. The molecule has 0 spiro atoms. The van der Waals surface area contributed by atoms with Crippen LogP contribution in [0.3, 0.4) is 0 Å². The average Bonchev–Trinajstić information content (AvgIpc) is 2.72. The molecule has 3 fully saturated rings. The molecule has 3 heterocycles. The van der Waals surface area contributed by atoms with E-state index in [-0.39, 0.29) is 30.1 Å². The largest absolute Gasteiger partial charge is 0.343 e. The van der Waals surface area contributed by atoms with E-state index in [4.69, 9.17) is 14.3 Å². The van der Waals surface area contributed by atoms with Gasteiger partial charge in [-0.25, -0.2) is 0 Å². The lowest BCUT2D eigenvalue weighted by atomic mass is 10.0. The maximum atomic E-state index is 11.3. The summed E-state index contributed by atoms with van der Waals surface area (Å²) >= 11 is 0. The van der Waals surface area contributed by atoms with Crippen molar-refractivity contribution in [1.82, 2.24) is 5.06 Å². The standard InChI is InChI=1S/C11H17NO4/c1-6(13)8-4-7-10-9(5-12(7)16-8)14-11(2,3)15-10/h7-10H,4-5H2,1-3H3/t7-,8-,9+,10-/m1/s1. The molecule has 3 rings (SSSR count). The quantitative estimate of drug-likeness (QED) is 0.652. The Morgan fingerprint density at radius 1 is 1.38 bits per heavy atom. The van der Waals surface area contributed by atoms with Gasteiger partial charge in [0.2, 0.25) is 0 Å². The monoisotopic (exact) mass is 227 g/mol. The van der Waals surface area contributed by atoms with Crippen molar-refractivity contribution < 1.29 is 19.1 Å². The van der Waals surface area contributed by atoms with E-state index in [9.17, 15) is 4.79 Å². The van der Waals surface area contributed by atoms with Crippen LogP contribution in [0.25, 0.3) is 0 Å². The Balaban J connectivity index is 1.74. The Bertz CT molecular complexity index is 330. The first-order valence-electron chi connectivity index (χ1n) is 5.76. The van der Waals surface area contributed by atoms with Crippen LogP contribution in [0, 0.1) is 0 Å². The van der Waals surface area contributed by atoms with Gasteiger partial charge < -0.3 is 9.47 Å². The normalized spacial score (nSPS) is 45.7. The van der Waals surface area contributed by atoms with Crippen LogP contribution in [0.4, 0.5) is 0 Å². The van der Waals surface area contributed by atoms with E-state index < -0.39 is 5.79 Å². The van der Waals surface area contributed by atoms with Gasteiger partial charge in [0.25, 0.3) is 0 Å². The number of nitrogens with zero attached hydrogens (tertiary/aromatic N) is 1. The van der Waals surface area contributed by atoms with Gasteiger partial charge in [0.1, 0.15) is 18.3 Å². The van der Waals surface area contributed by atoms with Gasteiger partial charge >= 0.3 is 0 Å². The Kier molecular flexibility index (Phi) is 2.17. The van der Waals surface area contributed by atoms with Crippen LogP contribution in [0.2, 0.25) is 0 Å². The molecule has 16 heavy (non-hydrogen) atoms. The summed E-state index contributed by atoms with van der Waals surface area (Å²) in [6, 6.07) is 0.167. The first-order valence-corrected chi connectivity index (χ1v) is 5.76. The molecule has 0 radical (unpaired) electrons. The highest BCUT2D eigenvalue weighted by Gasteiger charge is 2.56. The van der Waals surface area contributed by atoms with Crippen molar-refractivity contribution >= 4 is 5.78 Å². The van der Waals surface area contributed by atoms with Crippen LogP contribution in [0.5, 0.6) is 0 Å². The lowest BCUT2D eigenvalue weighted by molar-refractivity contribution is -0.203. The highest BCUT2D eigenvalue weighted by atomic mass is 16.8. The first kappa shape index (κ1) is 10.7. The van der Waals surface area contributed by atoms with Gasteiger partial charge in [0.05, 0.1) is 12.6 Å². The highest BCUT2D eigenvalue weighted by Crippen LogP contribution is 2.41. The smallest absolute Gasteiger partial charge is 0.163 e. The van der Waals surface area contributed by atoms with Crippen LogP contribution in [-0.2, 0) is 19.1 Å². The maximum absolute atomic E-state index is 11.3. The molecule has 0 amide bonds. The number of ether oxygens (including phenoxy) is 2. The number of carbonyl (C=O) groups is 1. The molecule has 0 aromatic heterocycles. The van der Waals surface area contributed by atoms with Gasteiger partial charge in [-0.1, -0.05) is 0 Å². The molecule has 5 nitrogen and oxygen atoms in total. The van der Waals surface area contributed by atoms with Crippen molar-refractivity contribution in [2.45, 2.75) is 57.3 Å². The minimum atomic E-state index is -0.504. The Labute approximate surface area is 94.6 Å². The summed E-state index contributed by atoms with van der Waals surface area (Å²) in [5.74, 6) is -0.417. The van der Waals surface area contributed by atoms with E-state index in [1.807, 2.05) is 18.9 Å². The second-order valence-electron chi connectivity index (χ2n) is 5.25. The zero-order valence-electron chi connectivity index (χ0n) is 9.80. The molecule has 5 heteroatoms. The van der Waals surface area contributed by atoms with Gasteiger partial charge in [-0.2, -0.15) is 5.06 Å². The second kappa shape index (κ2) is 3.26. The molecule has 3 aliphatic rings. The predicted molar refractivity (Wildman–Crippen MR) is 54.5 cm³/mol. The molecule has 3 aliphatic heterocycles. The average molecular weight is 227 g/mol. The molecule has 0 aromatic carbocycles. The molecule has 0 aliphatic carbocycles. The SMILES string of the molecule is CC(=O)[C@H]1C[C@@H]2[C@H]3OC(C)(C)O[C@H]3CN2O1. The van der Waals surface area contributed by atoms with Gasteiger partial charge in [-0.3, -0.25) is 9.63 Å². The summed E-state index contributed by atoms with van der Waals surface area (Å²) in [4.78, 5) is 16.8. The maximum Gasteiger partial charge on any atom is 0.163 e. The van der Waals surface area contributed by atoms with Gasteiger partial charge in [-0.15, -0.1) is 0 Å². The topological polar surface area (TPSA) is 48.0 Å². The first-order chi connectivity index (χ1) is 7.46. The number of hydroxylamine groups is 2. The Morgan fingerprint density at radius 3 is 2.81 bits per heavy atom. The molecular formula is C11H17NO4. The highest BCUT2D eigenvalue weighted by molar-refractivity contribution is 5.80. The number of carbonyl (C=O) groups excluding carboxylic acids is 1. The zero-order chi connectivity index (χ0) is 11.5. The lowest BCUT2D eigenvalue weighted by Crippen LogP contribution is -2.33. The number of fused-ring (bicyclic) bond motifs is 3. The minimum absolute atomic E-state index is 0.0411. The summed E-state index contributed by atoms with van der Waals surface area (Å²) in [5.41, 5.74) is 0. The number of ketones is 1. The summed E-state index contributed by atoms with van der Waals surface area (Å²) < 4.78 is 11.6. The van der Waals surface area contributed by atoms with Gasteiger partial charge in [0.15, 0.2) is 11.6 Å². The third kappa shape index (κ3) is 1.50. The molecule has 0 N–H and O–H groups in total. The number of hydrogen-bond donors (Lipinski definition) is 0. The molecule has 90 valence electrons. The number of rotatable bonds is 1. The summed E-state index contributed by atoms with van der Waals surface area (Å²) in [7, 11) is 0. The molecule has 0 unspecified atom stereocenters. The summed E-state index contributed by atoms with van der Waals surface area (Å²) in [6.07, 6.45) is 0.543. The van der Waals surface area contributed by atoms with Crippen LogP contribution in [0.1, 0.15) is 27.2 Å². The number of hydrogen-bond acceptors (Lipinski definition) is 5. The van der Waals surface area contributed by atoms with Crippen molar-refractivity contribution in [3.05, 3.63) is 0 Å². The molecule has 4 atom stereocenters. The van der Waals surface area contributed by atoms with E-state index in [2.05, 4.69) is 0 Å². The number of Topliss-reactive ketones (excluding diaryl/α,β-unsaturated/α-hetero) is 1.